The molecule has 2 aromatic rings. The third-order valence-electron chi connectivity index (χ3n) is 3.87. The van der Waals surface area contributed by atoms with E-state index >= 15 is 0 Å². The zero-order valence-corrected chi connectivity index (χ0v) is 15.9. The molecule has 142 valence electrons. The van der Waals surface area contributed by atoms with Crippen molar-refractivity contribution in [2.45, 2.75) is 39.8 Å². The molecule has 0 bridgehead atoms. The van der Waals surface area contributed by atoms with Crippen molar-refractivity contribution in [1.29, 1.82) is 0 Å². The second-order valence-electron chi connectivity index (χ2n) is 6.27. The molecule has 1 aromatic carbocycles. The van der Waals surface area contributed by atoms with Gasteiger partial charge >= 0.3 is 0 Å². The van der Waals surface area contributed by atoms with Gasteiger partial charge in [0.25, 0.3) is 0 Å². The Bertz CT molecular complexity index is 711. The topological polar surface area (TPSA) is 63.5 Å². The van der Waals surface area contributed by atoms with Crippen molar-refractivity contribution in [2.75, 3.05) is 20.1 Å². The first-order chi connectivity index (χ1) is 12.5. The molecule has 0 fully saturated rings. The lowest BCUT2D eigenvalue weighted by molar-refractivity contribution is 0.223. The van der Waals surface area contributed by atoms with E-state index in [-0.39, 0.29) is 11.9 Å². The van der Waals surface area contributed by atoms with Crippen LogP contribution in [0, 0.1) is 19.7 Å². The Morgan fingerprint density at radius 1 is 1.27 bits per heavy atom. The van der Waals surface area contributed by atoms with Gasteiger partial charge in [-0.3, -0.25) is 9.67 Å². The van der Waals surface area contributed by atoms with Gasteiger partial charge in [-0.05, 0) is 57.5 Å². The summed E-state index contributed by atoms with van der Waals surface area (Å²) in [5.74, 6) is 1.11. The van der Waals surface area contributed by atoms with Gasteiger partial charge in [-0.15, -0.1) is 0 Å². The summed E-state index contributed by atoms with van der Waals surface area (Å²) in [5.41, 5.74) is 2.22. The first-order valence-corrected chi connectivity index (χ1v) is 8.85. The molecule has 7 heteroatoms. The zero-order valence-electron chi connectivity index (χ0n) is 15.9. The predicted molar refractivity (Wildman–Crippen MR) is 102 cm³/mol. The van der Waals surface area contributed by atoms with Crippen LogP contribution < -0.4 is 15.4 Å². The Balaban J connectivity index is 1.67. The van der Waals surface area contributed by atoms with Crippen LogP contribution in [0.1, 0.15) is 24.7 Å². The van der Waals surface area contributed by atoms with Crippen molar-refractivity contribution < 1.29 is 9.13 Å². The smallest absolute Gasteiger partial charge is 0.191 e. The molecule has 2 rings (SSSR count). The summed E-state index contributed by atoms with van der Waals surface area (Å²) in [4.78, 5) is 4.21. The van der Waals surface area contributed by atoms with E-state index < -0.39 is 0 Å². The molecule has 26 heavy (non-hydrogen) atoms. The number of ether oxygens (including phenoxy) is 1. The van der Waals surface area contributed by atoms with E-state index in [0.717, 1.165) is 31.2 Å². The van der Waals surface area contributed by atoms with Crippen LogP contribution in [0.25, 0.3) is 0 Å². The molecular formula is C19H28FN5O. The highest BCUT2D eigenvalue weighted by Crippen LogP contribution is 2.12. The van der Waals surface area contributed by atoms with E-state index in [1.807, 2.05) is 18.5 Å². The average molecular weight is 361 g/mol. The van der Waals surface area contributed by atoms with Crippen LogP contribution in [-0.2, 0) is 6.54 Å². The number of hydrogen-bond acceptors (Lipinski definition) is 3. The van der Waals surface area contributed by atoms with Crippen LogP contribution in [-0.4, -0.2) is 42.0 Å². The van der Waals surface area contributed by atoms with Gasteiger partial charge in [-0.2, -0.15) is 5.10 Å². The second-order valence-corrected chi connectivity index (χ2v) is 6.27. The fourth-order valence-corrected chi connectivity index (χ4v) is 2.59. The number of hydrogen-bond donors (Lipinski definition) is 2. The van der Waals surface area contributed by atoms with Crippen LogP contribution >= 0.6 is 0 Å². The maximum atomic E-state index is 12.9. The summed E-state index contributed by atoms with van der Waals surface area (Å²) in [6.45, 7) is 8.28. The molecule has 0 aliphatic carbocycles. The lowest BCUT2D eigenvalue weighted by atomic mass is 10.3. The Kier molecular flexibility index (Phi) is 7.44. The van der Waals surface area contributed by atoms with Crippen molar-refractivity contribution in [1.82, 2.24) is 20.4 Å². The van der Waals surface area contributed by atoms with E-state index in [2.05, 4.69) is 33.7 Å². The third kappa shape index (κ3) is 6.38. The average Bonchev–Trinajstić information content (AvgIpc) is 2.93. The van der Waals surface area contributed by atoms with Gasteiger partial charge in [0.2, 0.25) is 0 Å². The molecule has 0 saturated carbocycles. The van der Waals surface area contributed by atoms with Crippen molar-refractivity contribution >= 4 is 5.96 Å². The molecule has 0 radical (unpaired) electrons. The highest BCUT2D eigenvalue weighted by molar-refractivity contribution is 5.79. The monoisotopic (exact) mass is 361 g/mol. The van der Waals surface area contributed by atoms with Crippen LogP contribution in [0.15, 0.2) is 35.3 Å². The molecular weight excluding hydrogens is 333 g/mol. The molecule has 1 aromatic heterocycles. The van der Waals surface area contributed by atoms with Gasteiger partial charge in [0.05, 0.1) is 12.2 Å². The van der Waals surface area contributed by atoms with Gasteiger partial charge in [0.15, 0.2) is 5.96 Å². The van der Waals surface area contributed by atoms with Crippen molar-refractivity contribution in [3.8, 4) is 5.75 Å². The highest BCUT2D eigenvalue weighted by atomic mass is 19.1. The summed E-state index contributed by atoms with van der Waals surface area (Å²) in [5, 5.41) is 11.0. The molecule has 1 heterocycles. The Morgan fingerprint density at radius 2 is 2.00 bits per heavy atom. The number of guanidine groups is 1. The van der Waals surface area contributed by atoms with Gasteiger partial charge in [0.1, 0.15) is 17.7 Å². The van der Waals surface area contributed by atoms with Gasteiger partial charge in [0, 0.05) is 25.8 Å². The van der Waals surface area contributed by atoms with Crippen molar-refractivity contribution in [3.05, 3.63) is 47.5 Å². The predicted octanol–water partition coefficient (Wildman–Crippen LogP) is 2.66. The summed E-state index contributed by atoms with van der Waals surface area (Å²) >= 11 is 0. The largest absolute Gasteiger partial charge is 0.489 e. The Hall–Kier alpha value is -2.57. The molecule has 1 atom stereocenters. The van der Waals surface area contributed by atoms with Gasteiger partial charge < -0.3 is 15.4 Å². The van der Waals surface area contributed by atoms with Crippen LogP contribution in [0.3, 0.4) is 0 Å². The van der Waals surface area contributed by atoms with Crippen LogP contribution in [0.4, 0.5) is 4.39 Å². The Morgan fingerprint density at radius 3 is 2.62 bits per heavy atom. The van der Waals surface area contributed by atoms with Crippen molar-refractivity contribution in [2.24, 2.45) is 4.99 Å². The molecule has 0 amide bonds. The number of nitrogens with zero attached hydrogens (tertiary/aromatic N) is 3. The SMILES string of the molecule is CN=C(NCCCn1nc(C)cc1C)NCC(C)Oc1ccc(F)cc1. The van der Waals surface area contributed by atoms with Crippen molar-refractivity contribution in [3.63, 3.8) is 0 Å². The highest BCUT2D eigenvalue weighted by Gasteiger charge is 2.06. The second kappa shape index (κ2) is 9.79. The van der Waals surface area contributed by atoms with Gasteiger partial charge in [-0.25, -0.2) is 4.39 Å². The molecule has 2 N–H and O–H groups in total. The third-order valence-corrected chi connectivity index (χ3v) is 3.87. The lowest BCUT2D eigenvalue weighted by Crippen LogP contribution is -2.42. The number of nitrogens with one attached hydrogen (secondary N) is 2. The quantitative estimate of drug-likeness (QED) is 0.431. The number of aliphatic imine (C=N–C) groups is 1. The van der Waals surface area contributed by atoms with E-state index in [1.165, 1.54) is 17.8 Å². The lowest BCUT2D eigenvalue weighted by Gasteiger charge is -2.17. The first-order valence-electron chi connectivity index (χ1n) is 8.85. The minimum atomic E-state index is -0.270. The molecule has 0 aliphatic rings. The minimum Gasteiger partial charge on any atom is -0.489 e. The number of rotatable bonds is 8. The van der Waals surface area contributed by atoms with Gasteiger partial charge in [-0.1, -0.05) is 0 Å². The normalized spacial score (nSPS) is 12.7. The van der Waals surface area contributed by atoms with E-state index in [9.17, 15) is 4.39 Å². The number of aromatic nitrogens is 2. The fourth-order valence-electron chi connectivity index (χ4n) is 2.59. The summed E-state index contributed by atoms with van der Waals surface area (Å²) in [6, 6.07) is 8.10. The molecule has 1 unspecified atom stereocenters. The Labute approximate surface area is 154 Å². The maximum Gasteiger partial charge on any atom is 0.191 e. The molecule has 6 nitrogen and oxygen atoms in total. The van der Waals surface area contributed by atoms with Crippen LogP contribution in [0.2, 0.25) is 0 Å². The fraction of sp³-hybridized carbons (Fsp3) is 0.474. The maximum absolute atomic E-state index is 12.9. The zero-order chi connectivity index (χ0) is 18.9. The number of benzene rings is 1. The molecule has 0 saturated heterocycles. The standard InChI is InChI=1S/C19H28FN5O/c1-14-12-15(2)25(24-14)11-5-10-22-19(21-4)23-13-16(3)26-18-8-6-17(20)7-9-18/h6-9,12,16H,5,10-11,13H2,1-4H3,(H2,21,22,23). The number of aryl methyl sites for hydroxylation is 3. The molecule has 0 spiro atoms. The van der Waals surface area contributed by atoms with E-state index in [4.69, 9.17) is 4.74 Å². The minimum absolute atomic E-state index is 0.0753. The summed E-state index contributed by atoms with van der Waals surface area (Å²) in [6.07, 6.45) is 0.873. The van der Waals surface area contributed by atoms with E-state index in [0.29, 0.717) is 12.3 Å². The summed E-state index contributed by atoms with van der Waals surface area (Å²) in [7, 11) is 1.74. The number of halogens is 1. The molecule has 0 aliphatic heterocycles. The van der Waals surface area contributed by atoms with E-state index in [1.54, 1.807) is 19.2 Å². The van der Waals surface area contributed by atoms with Crippen LogP contribution in [0.5, 0.6) is 5.75 Å². The summed E-state index contributed by atoms with van der Waals surface area (Å²) < 4.78 is 20.7. The first kappa shape index (κ1) is 19.8.